The van der Waals surface area contributed by atoms with Crippen LogP contribution in [0.15, 0.2) is 58.3 Å². The van der Waals surface area contributed by atoms with Crippen molar-refractivity contribution >= 4 is 15.9 Å². The maximum Gasteiger partial charge on any atom is 0.410 e. The van der Waals surface area contributed by atoms with Gasteiger partial charge in [0, 0.05) is 19.0 Å². The molecule has 0 aromatic heterocycles. The smallest absolute Gasteiger partial charge is 0.410 e. The molecule has 1 aliphatic rings. The van der Waals surface area contributed by atoms with E-state index in [2.05, 4.69) is 0 Å². The van der Waals surface area contributed by atoms with Gasteiger partial charge in [-0.1, -0.05) is 12.1 Å². The van der Waals surface area contributed by atoms with Gasteiger partial charge in [-0.3, -0.25) is 0 Å². The lowest BCUT2D eigenvalue weighted by molar-refractivity contribution is 0.0292. The molecule has 2 aromatic carbocycles. The minimum absolute atomic E-state index is 0.0186. The quantitative estimate of drug-likeness (QED) is 0.839. The van der Waals surface area contributed by atoms with E-state index in [4.69, 9.17) is 4.74 Å². The van der Waals surface area contributed by atoms with Crippen molar-refractivity contribution in [1.29, 1.82) is 0 Å². The highest BCUT2D eigenvalue weighted by Crippen LogP contribution is 2.30. The molecule has 7 heteroatoms. The zero-order valence-electron chi connectivity index (χ0n) is 16.3. The van der Waals surface area contributed by atoms with E-state index >= 15 is 0 Å². The second-order valence-electron chi connectivity index (χ2n) is 7.98. The topological polar surface area (TPSA) is 83.9 Å². The summed E-state index contributed by atoms with van der Waals surface area (Å²) in [5.41, 5.74) is 0.468. The summed E-state index contributed by atoms with van der Waals surface area (Å²) in [6, 6.07) is 12.3. The maximum absolute atomic E-state index is 12.7. The highest BCUT2D eigenvalue weighted by atomic mass is 32.2. The fourth-order valence-corrected chi connectivity index (χ4v) is 4.47. The normalized spacial score (nSPS) is 17.5. The summed E-state index contributed by atoms with van der Waals surface area (Å²) in [7, 11) is -3.64. The van der Waals surface area contributed by atoms with Crippen molar-refractivity contribution in [2.24, 2.45) is 0 Å². The number of sulfone groups is 1. The van der Waals surface area contributed by atoms with Crippen molar-refractivity contribution in [2.75, 3.05) is 13.1 Å². The Morgan fingerprint density at radius 3 is 2.11 bits per heavy atom. The molecule has 2 aromatic rings. The van der Waals surface area contributed by atoms with Gasteiger partial charge >= 0.3 is 6.09 Å². The summed E-state index contributed by atoms with van der Waals surface area (Å²) in [6.07, 6.45) is 0.491. The van der Waals surface area contributed by atoms with Gasteiger partial charge in [0.1, 0.15) is 11.4 Å². The van der Waals surface area contributed by atoms with Crippen LogP contribution in [0.3, 0.4) is 0 Å². The van der Waals surface area contributed by atoms with Gasteiger partial charge in [0.25, 0.3) is 0 Å². The Hall–Kier alpha value is -2.54. The molecule has 1 heterocycles. The van der Waals surface area contributed by atoms with Gasteiger partial charge in [-0.15, -0.1) is 0 Å². The summed E-state index contributed by atoms with van der Waals surface area (Å²) >= 11 is 0. The molecule has 1 saturated heterocycles. The first-order valence-electron chi connectivity index (χ1n) is 9.18. The van der Waals surface area contributed by atoms with E-state index in [1.54, 1.807) is 29.2 Å². The molecule has 0 spiro atoms. The van der Waals surface area contributed by atoms with Crippen LogP contribution in [0.1, 0.15) is 38.7 Å². The zero-order valence-corrected chi connectivity index (χ0v) is 17.1. The van der Waals surface area contributed by atoms with Crippen molar-refractivity contribution in [2.45, 2.75) is 48.5 Å². The summed E-state index contributed by atoms with van der Waals surface area (Å²) in [5.74, 6) is 0.169. The van der Waals surface area contributed by atoms with E-state index in [-0.39, 0.29) is 27.6 Å². The lowest BCUT2D eigenvalue weighted by Crippen LogP contribution is -2.35. The number of amides is 1. The maximum atomic E-state index is 12.7. The Morgan fingerprint density at radius 1 is 1.04 bits per heavy atom. The Bertz CT molecular complexity index is 944. The molecule has 1 aliphatic heterocycles. The van der Waals surface area contributed by atoms with Crippen LogP contribution in [-0.2, 0) is 14.6 Å². The van der Waals surface area contributed by atoms with Gasteiger partial charge in [0.15, 0.2) is 0 Å². The highest BCUT2D eigenvalue weighted by molar-refractivity contribution is 7.91. The number of aromatic hydroxyl groups is 1. The second-order valence-corrected chi connectivity index (χ2v) is 9.93. The van der Waals surface area contributed by atoms with Crippen LogP contribution in [-0.4, -0.2) is 43.2 Å². The highest BCUT2D eigenvalue weighted by Gasteiger charge is 2.30. The predicted octanol–water partition coefficient (Wildman–Crippen LogP) is 3.95. The molecule has 6 nitrogen and oxygen atoms in total. The van der Waals surface area contributed by atoms with Crippen molar-refractivity contribution < 1.29 is 23.1 Å². The molecule has 3 rings (SSSR count). The van der Waals surface area contributed by atoms with E-state index < -0.39 is 15.4 Å². The first-order valence-corrected chi connectivity index (χ1v) is 10.7. The summed E-state index contributed by atoms with van der Waals surface area (Å²) in [5, 5.41) is 9.34. The summed E-state index contributed by atoms with van der Waals surface area (Å²) in [6.45, 7) is 6.69. The number of nitrogens with zero attached hydrogens (tertiary/aromatic N) is 1. The largest absolute Gasteiger partial charge is 0.508 e. The molecule has 0 radical (unpaired) electrons. The minimum atomic E-state index is -3.64. The number of carbonyl (C=O) groups excluding carboxylic acids is 1. The van der Waals surface area contributed by atoms with E-state index in [1.807, 2.05) is 20.8 Å². The predicted molar refractivity (Wildman–Crippen MR) is 105 cm³/mol. The Labute approximate surface area is 165 Å². The van der Waals surface area contributed by atoms with Gasteiger partial charge in [-0.25, -0.2) is 13.2 Å². The molecule has 1 amide bonds. The van der Waals surface area contributed by atoms with Gasteiger partial charge in [0.05, 0.1) is 9.79 Å². The third-order valence-electron chi connectivity index (χ3n) is 4.65. The van der Waals surface area contributed by atoms with Crippen molar-refractivity contribution in [3.8, 4) is 5.75 Å². The van der Waals surface area contributed by atoms with Crippen molar-refractivity contribution in [3.63, 3.8) is 0 Å². The standard InChI is InChI=1S/C21H25NO5S/c1-21(2,3)27-20(24)22-13-12-16(14-22)15-4-8-18(9-5-15)28(25,26)19-10-6-17(23)7-11-19/h4-11,16,23H,12-14H2,1-3H3/t16-/m1/s1. The molecule has 0 bridgehead atoms. The Kier molecular flexibility index (Phi) is 5.39. The lowest BCUT2D eigenvalue weighted by Gasteiger charge is -2.24. The Balaban J connectivity index is 1.71. The molecular formula is C21H25NO5S. The van der Waals surface area contributed by atoms with Crippen molar-refractivity contribution in [1.82, 2.24) is 4.90 Å². The number of phenolic OH excluding ortho intramolecular Hbond substituents is 1. The number of ether oxygens (including phenoxy) is 1. The van der Waals surface area contributed by atoms with E-state index in [1.165, 1.54) is 24.3 Å². The van der Waals surface area contributed by atoms with Crippen molar-refractivity contribution in [3.05, 3.63) is 54.1 Å². The van der Waals surface area contributed by atoms with Crippen LogP contribution in [0.5, 0.6) is 5.75 Å². The van der Waals surface area contributed by atoms with Gasteiger partial charge < -0.3 is 14.7 Å². The van der Waals surface area contributed by atoms with Crippen LogP contribution >= 0.6 is 0 Å². The van der Waals surface area contributed by atoms with Crippen LogP contribution in [0, 0.1) is 0 Å². The molecule has 0 saturated carbocycles. The van der Waals surface area contributed by atoms with E-state index in [9.17, 15) is 18.3 Å². The first kappa shape index (κ1) is 20.2. The number of phenols is 1. The monoisotopic (exact) mass is 403 g/mol. The molecule has 1 atom stereocenters. The molecule has 1 fully saturated rings. The number of rotatable bonds is 3. The van der Waals surface area contributed by atoms with Gasteiger partial charge in [0.2, 0.25) is 9.84 Å². The zero-order chi connectivity index (χ0) is 20.5. The molecule has 28 heavy (non-hydrogen) atoms. The van der Waals surface area contributed by atoms with Crippen LogP contribution < -0.4 is 0 Å². The van der Waals surface area contributed by atoms with E-state index in [0.717, 1.165) is 12.0 Å². The minimum Gasteiger partial charge on any atom is -0.508 e. The summed E-state index contributed by atoms with van der Waals surface area (Å²) < 4.78 is 30.8. The van der Waals surface area contributed by atoms with Crippen LogP contribution in [0.25, 0.3) is 0 Å². The number of hydrogen-bond acceptors (Lipinski definition) is 5. The van der Waals surface area contributed by atoms with Crippen LogP contribution in [0.4, 0.5) is 4.79 Å². The first-order chi connectivity index (χ1) is 13.1. The fraction of sp³-hybridized carbons (Fsp3) is 0.381. The molecule has 0 aliphatic carbocycles. The number of likely N-dealkylation sites (tertiary alicyclic amines) is 1. The fourth-order valence-electron chi connectivity index (χ4n) is 3.21. The SMILES string of the molecule is CC(C)(C)OC(=O)N1CC[C@@H](c2ccc(S(=O)(=O)c3ccc(O)cc3)cc2)C1. The average Bonchev–Trinajstić information content (AvgIpc) is 3.11. The van der Waals surface area contributed by atoms with Gasteiger partial charge in [-0.2, -0.15) is 0 Å². The van der Waals surface area contributed by atoms with Gasteiger partial charge in [-0.05, 0) is 69.2 Å². The summed E-state index contributed by atoms with van der Waals surface area (Å²) in [4.78, 5) is 14.2. The van der Waals surface area contributed by atoms with E-state index in [0.29, 0.717) is 13.1 Å². The Morgan fingerprint density at radius 2 is 1.57 bits per heavy atom. The lowest BCUT2D eigenvalue weighted by atomic mass is 9.99. The molecular weight excluding hydrogens is 378 g/mol. The number of benzene rings is 2. The third kappa shape index (κ3) is 4.47. The molecule has 1 N–H and O–H groups in total. The van der Waals surface area contributed by atoms with Crippen LogP contribution in [0.2, 0.25) is 0 Å². The number of carbonyl (C=O) groups is 1. The second kappa shape index (κ2) is 7.47. The third-order valence-corrected chi connectivity index (χ3v) is 6.43. The average molecular weight is 404 g/mol. The molecule has 150 valence electrons. The molecule has 0 unspecified atom stereocenters. The number of hydrogen-bond donors (Lipinski definition) is 1.